The first kappa shape index (κ1) is 37.6. The molecule has 9 heteroatoms. The maximum Gasteiger partial charge on any atom is 0.404 e. The van der Waals surface area contributed by atoms with Gasteiger partial charge in [0.15, 0.2) is 0 Å². The van der Waals surface area contributed by atoms with E-state index in [2.05, 4.69) is 6.58 Å². The van der Waals surface area contributed by atoms with Crippen molar-refractivity contribution in [3.05, 3.63) is 48.6 Å². The van der Waals surface area contributed by atoms with E-state index in [0.717, 1.165) is 5.57 Å². The summed E-state index contributed by atoms with van der Waals surface area (Å²) < 4.78 is 10.8. The summed E-state index contributed by atoms with van der Waals surface area (Å²) in [6, 6.07) is 0. The molecule has 13 atom stereocenters. The van der Waals surface area contributed by atoms with Gasteiger partial charge in [0.2, 0.25) is 0 Å². The lowest BCUT2D eigenvalue weighted by atomic mass is 9.81. The number of hydrogen-bond acceptors (Lipinski definition) is 8. The number of ether oxygens (including phenoxy) is 2. The second-order valence-electron chi connectivity index (χ2n) is 12.4. The number of carbonyl (C=O) groups is 2. The minimum atomic E-state index is -0.894. The molecule has 0 aliphatic carbocycles. The molecule has 1 fully saturated rings. The second-order valence-corrected chi connectivity index (χ2v) is 12.4. The van der Waals surface area contributed by atoms with Crippen LogP contribution in [0.5, 0.6) is 0 Å². The standard InChI is InChI=1S/C33H55NO8/c1-10-11-12-20(4)31(42-33(34)40)24(8)29(37)22(6)16-18(2)15-21(5)28(36)19(3)13-14-26(35)17-27-23(7)30(38)25(9)32(39)41-27/h10-15,19-31,35-38H,1,16-17H2,2-9H3,(H2,34,40)/b12-11-,14-13-,18-15-/t19-,20-,21-,22-,23-,24-,25+,26?,27?,28-,29+,30-,31-/m0/s1. The van der Waals surface area contributed by atoms with Crippen LogP contribution in [0.25, 0.3) is 0 Å². The number of hydrogen-bond donors (Lipinski definition) is 5. The van der Waals surface area contributed by atoms with E-state index < -0.39 is 54.6 Å². The third-order valence-electron chi connectivity index (χ3n) is 8.62. The number of rotatable bonds is 16. The molecule has 0 spiro atoms. The zero-order chi connectivity index (χ0) is 32.3. The fraction of sp³-hybridized carbons (Fsp3) is 0.697. The molecule has 1 aliphatic heterocycles. The fourth-order valence-corrected chi connectivity index (χ4v) is 5.80. The average Bonchev–Trinajstić information content (AvgIpc) is 2.93. The summed E-state index contributed by atoms with van der Waals surface area (Å²) in [5.41, 5.74) is 6.30. The van der Waals surface area contributed by atoms with Gasteiger partial charge >= 0.3 is 12.1 Å². The van der Waals surface area contributed by atoms with E-state index in [4.69, 9.17) is 15.2 Å². The largest absolute Gasteiger partial charge is 0.462 e. The quantitative estimate of drug-likeness (QED) is 0.101. The number of nitrogens with two attached hydrogens (primary N) is 1. The number of esters is 1. The number of allylic oxidation sites excluding steroid dienone is 3. The van der Waals surface area contributed by atoms with E-state index in [1.54, 1.807) is 38.2 Å². The molecule has 0 aromatic carbocycles. The van der Waals surface area contributed by atoms with Crippen LogP contribution in [0.1, 0.15) is 68.2 Å². The summed E-state index contributed by atoms with van der Waals surface area (Å²) in [5.74, 6) is -2.52. The van der Waals surface area contributed by atoms with Crippen LogP contribution in [0.2, 0.25) is 0 Å². The lowest BCUT2D eigenvalue weighted by Crippen LogP contribution is -2.47. The van der Waals surface area contributed by atoms with Gasteiger partial charge in [-0.2, -0.15) is 0 Å². The van der Waals surface area contributed by atoms with E-state index in [0.29, 0.717) is 6.42 Å². The molecule has 1 saturated heterocycles. The van der Waals surface area contributed by atoms with Gasteiger partial charge in [-0.25, -0.2) is 4.79 Å². The molecule has 0 bridgehead atoms. The van der Waals surface area contributed by atoms with Crippen molar-refractivity contribution in [1.29, 1.82) is 0 Å². The number of cyclic esters (lactones) is 1. The first-order valence-electron chi connectivity index (χ1n) is 15.0. The molecular formula is C33H55NO8. The summed E-state index contributed by atoms with van der Waals surface area (Å²) in [7, 11) is 0. The lowest BCUT2D eigenvalue weighted by Gasteiger charge is -2.36. The van der Waals surface area contributed by atoms with E-state index in [9.17, 15) is 30.0 Å². The first-order valence-corrected chi connectivity index (χ1v) is 15.0. The van der Waals surface area contributed by atoms with Gasteiger partial charge in [0.25, 0.3) is 0 Å². The van der Waals surface area contributed by atoms with Crippen LogP contribution in [-0.2, 0) is 14.3 Å². The Kier molecular flexibility index (Phi) is 15.7. The predicted octanol–water partition coefficient (Wildman–Crippen LogP) is 4.30. The van der Waals surface area contributed by atoms with Gasteiger partial charge in [-0.05, 0) is 26.2 Å². The first-order chi connectivity index (χ1) is 19.5. The van der Waals surface area contributed by atoms with Gasteiger partial charge in [0.1, 0.15) is 12.2 Å². The van der Waals surface area contributed by atoms with Crippen LogP contribution >= 0.6 is 0 Å². The highest BCUT2D eigenvalue weighted by Crippen LogP contribution is 2.30. The van der Waals surface area contributed by atoms with Crippen molar-refractivity contribution >= 4 is 12.1 Å². The Hall–Kier alpha value is -2.46. The third-order valence-corrected chi connectivity index (χ3v) is 8.62. The van der Waals surface area contributed by atoms with Crippen molar-refractivity contribution in [2.45, 2.75) is 105 Å². The summed E-state index contributed by atoms with van der Waals surface area (Å²) in [4.78, 5) is 23.5. The maximum atomic E-state index is 12.0. The number of carbonyl (C=O) groups excluding carboxylic acids is 2. The Balaban J connectivity index is 2.76. The molecule has 2 unspecified atom stereocenters. The SMILES string of the molecule is C=C/C=C\[C@H](C)[C@H](OC(N)=O)[C@@H](C)[C@H](O)[C@@H](C)C/C(C)=C\[C@H](C)[C@@H](O)[C@@H](C)/C=C\C(O)CC1OC(=O)[C@H](C)[C@@H](O)[C@H]1C. The topological polar surface area (TPSA) is 160 Å². The van der Waals surface area contributed by atoms with E-state index in [-0.39, 0.29) is 41.9 Å². The molecule has 1 heterocycles. The fourth-order valence-electron chi connectivity index (χ4n) is 5.80. The zero-order valence-electron chi connectivity index (χ0n) is 26.6. The second kappa shape index (κ2) is 17.6. The number of amides is 1. The molecule has 1 aliphatic rings. The van der Waals surface area contributed by atoms with Crippen LogP contribution in [0, 0.1) is 41.4 Å². The maximum absolute atomic E-state index is 12.0. The lowest BCUT2D eigenvalue weighted by molar-refractivity contribution is -0.179. The van der Waals surface area contributed by atoms with Crippen molar-refractivity contribution in [2.24, 2.45) is 47.2 Å². The van der Waals surface area contributed by atoms with E-state index >= 15 is 0 Å². The van der Waals surface area contributed by atoms with Crippen LogP contribution in [-0.4, -0.2) is 69.1 Å². The third kappa shape index (κ3) is 11.3. The molecule has 42 heavy (non-hydrogen) atoms. The molecular weight excluding hydrogens is 538 g/mol. The van der Waals surface area contributed by atoms with Crippen LogP contribution in [0.3, 0.4) is 0 Å². The minimum absolute atomic E-state index is 0.152. The molecule has 0 aromatic heterocycles. The van der Waals surface area contributed by atoms with Crippen molar-refractivity contribution in [1.82, 2.24) is 0 Å². The van der Waals surface area contributed by atoms with Crippen molar-refractivity contribution in [3.8, 4) is 0 Å². The number of aliphatic hydroxyl groups is 4. The molecule has 1 amide bonds. The Morgan fingerprint density at radius 1 is 1.02 bits per heavy atom. The molecule has 0 radical (unpaired) electrons. The van der Waals surface area contributed by atoms with Gasteiger partial charge < -0.3 is 35.6 Å². The molecule has 1 rings (SSSR count). The molecule has 0 saturated carbocycles. The molecule has 0 aromatic rings. The Labute approximate surface area is 252 Å². The van der Waals surface area contributed by atoms with E-state index in [1.807, 2.05) is 53.7 Å². The number of aliphatic hydroxyl groups excluding tert-OH is 4. The Morgan fingerprint density at radius 2 is 1.64 bits per heavy atom. The highest BCUT2D eigenvalue weighted by Gasteiger charge is 2.41. The zero-order valence-corrected chi connectivity index (χ0v) is 26.6. The Morgan fingerprint density at radius 3 is 2.21 bits per heavy atom. The Bertz CT molecular complexity index is 962. The molecule has 6 N–H and O–H groups in total. The van der Waals surface area contributed by atoms with E-state index in [1.165, 1.54) is 0 Å². The smallest absolute Gasteiger partial charge is 0.404 e. The monoisotopic (exact) mass is 593 g/mol. The summed E-state index contributed by atoms with van der Waals surface area (Å²) in [5, 5.41) is 42.8. The summed E-state index contributed by atoms with van der Waals surface area (Å²) in [6.07, 6.45) is 6.04. The van der Waals surface area contributed by atoms with Gasteiger partial charge in [0, 0.05) is 36.0 Å². The minimum Gasteiger partial charge on any atom is -0.462 e. The summed E-state index contributed by atoms with van der Waals surface area (Å²) >= 11 is 0. The van der Waals surface area contributed by atoms with Crippen molar-refractivity contribution in [3.63, 3.8) is 0 Å². The average molecular weight is 594 g/mol. The van der Waals surface area contributed by atoms with Gasteiger partial charge in [-0.1, -0.05) is 90.2 Å². The van der Waals surface area contributed by atoms with Crippen LogP contribution in [0.15, 0.2) is 48.6 Å². The highest BCUT2D eigenvalue weighted by atomic mass is 16.6. The highest BCUT2D eigenvalue weighted by molar-refractivity contribution is 5.73. The van der Waals surface area contributed by atoms with Crippen LogP contribution in [0.4, 0.5) is 4.79 Å². The summed E-state index contributed by atoms with van der Waals surface area (Å²) in [6.45, 7) is 18.5. The van der Waals surface area contributed by atoms with Crippen molar-refractivity contribution in [2.75, 3.05) is 0 Å². The van der Waals surface area contributed by atoms with Crippen molar-refractivity contribution < 1.29 is 39.5 Å². The molecule has 240 valence electrons. The van der Waals surface area contributed by atoms with Gasteiger partial charge in [-0.3, -0.25) is 4.79 Å². The predicted molar refractivity (Wildman–Crippen MR) is 164 cm³/mol. The normalized spacial score (nSPS) is 28.3. The number of primary amides is 1. The van der Waals surface area contributed by atoms with Crippen LogP contribution < -0.4 is 5.73 Å². The van der Waals surface area contributed by atoms with Gasteiger partial charge in [-0.15, -0.1) is 0 Å². The van der Waals surface area contributed by atoms with Gasteiger partial charge in [0.05, 0.1) is 30.3 Å². The molecule has 9 nitrogen and oxygen atoms in total.